The van der Waals surface area contributed by atoms with E-state index in [1.54, 1.807) is 6.07 Å². The highest BCUT2D eigenvalue weighted by atomic mass is 16.6. The number of nitro benzene ring substituents is 1. The molecule has 2 rings (SSSR count). The Morgan fingerprint density at radius 3 is 2.79 bits per heavy atom. The first kappa shape index (κ1) is 13.3. The van der Waals surface area contributed by atoms with Gasteiger partial charge in [-0.2, -0.15) is 0 Å². The molecule has 0 saturated heterocycles. The second-order valence-electron chi connectivity index (χ2n) is 4.95. The Hall–Kier alpha value is -2.11. The minimum absolute atomic E-state index is 0.0681. The minimum Gasteiger partial charge on any atom is -0.353 e. The van der Waals surface area contributed by atoms with Crippen LogP contribution in [-0.4, -0.2) is 20.9 Å². The number of fused-ring (bicyclic) bond motifs is 1. The van der Waals surface area contributed by atoms with Crippen molar-refractivity contribution in [3.05, 3.63) is 28.3 Å². The summed E-state index contributed by atoms with van der Waals surface area (Å²) in [4.78, 5) is 17.8. The molecular weight excluding hydrogens is 244 g/mol. The third-order valence-electron chi connectivity index (χ3n) is 3.24. The fourth-order valence-electron chi connectivity index (χ4n) is 2.10. The topological polar surface area (TPSA) is 83.8 Å². The summed E-state index contributed by atoms with van der Waals surface area (Å²) in [7, 11) is 0. The molecule has 0 spiro atoms. The molecule has 0 aliphatic rings. The Balaban J connectivity index is 2.28. The smallest absolute Gasteiger partial charge is 0.271 e. The van der Waals surface area contributed by atoms with Gasteiger partial charge >= 0.3 is 0 Å². The van der Waals surface area contributed by atoms with E-state index < -0.39 is 4.92 Å². The second kappa shape index (κ2) is 5.26. The van der Waals surface area contributed by atoms with Gasteiger partial charge in [-0.15, -0.1) is 0 Å². The predicted octanol–water partition coefficient (Wildman–Crippen LogP) is 3.32. The Labute approximate surface area is 111 Å². The number of non-ortho nitro benzene ring substituents is 1. The first-order valence-electron chi connectivity index (χ1n) is 6.42. The van der Waals surface area contributed by atoms with Gasteiger partial charge in [0.1, 0.15) is 0 Å². The van der Waals surface area contributed by atoms with Crippen LogP contribution < -0.4 is 5.32 Å². The zero-order chi connectivity index (χ0) is 14.0. The zero-order valence-electron chi connectivity index (χ0n) is 11.3. The SMILES string of the molecule is CCC(Nc1nc2ccc([N+](=O)[O-])cc2[nH]1)C(C)C. The molecule has 0 aliphatic carbocycles. The normalized spacial score (nSPS) is 12.8. The molecule has 1 heterocycles. The second-order valence-corrected chi connectivity index (χ2v) is 4.95. The summed E-state index contributed by atoms with van der Waals surface area (Å²) in [5, 5.41) is 14.1. The van der Waals surface area contributed by atoms with Gasteiger partial charge < -0.3 is 10.3 Å². The summed E-state index contributed by atoms with van der Waals surface area (Å²) in [6, 6.07) is 4.96. The van der Waals surface area contributed by atoms with Crippen LogP contribution in [0.15, 0.2) is 18.2 Å². The van der Waals surface area contributed by atoms with Crippen LogP contribution in [0.1, 0.15) is 27.2 Å². The average molecular weight is 262 g/mol. The van der Waals surface area contributed by atoms with Gasteiger partial charge in [-0.05, 0) is 18.4 Å². The van der Waals surface area contributed by atoms with Gasteiger partial charge in [-0.1, -0.05) is 20.8 Å². The lowest BCUT2D eigenvalue weighted by Crippen LogP contribution is -2.25. The molecule has 0 aliphatic heterocycles. The van der Waals surface area contributed by atoms with E-state index in [1.165, 1.54) is 12.1 Å². The van der Waals surface area contributed by atoms with E-state index in [9.17, 15) is 10.1 Å². The molecule has 6 nitrogen and oxygen atoms in total. The van der Waals surface area contributed by atoms with E-state index in [2.05, 4.69) is 36.1 Å². The van der Waals surface area contributed by atoms with Crippen LogP contribution in [0.4, 0.5) is 11.6 Å². The number of nitro groups is 1. The maximum atomic E-state index is 10.7. The number of anilines is 1. The maximum Gasteiger partial charge on any atom is 0.271 e. The van der Waals surface area contributed by atoms with Crippen LogP contribution in [0.3, 0.4) is 0 Å². The Bertz CT molecular complexity index is 591. The summed E-state index contributed by atoms with van der Waals surface area (Å²) < 4.78 is 0. The number of rotatable bonds is 5. The summed E-state index contributed by atoms with van der Waals surface area (Å²) in [6.45, 7) is 6.41. The number of imidazole rings is 1. The monoisotopic (exact) mass is 262 g/mol. The van der Waals surface area contributed by atoms with Crippen LogP contribution in [0.5, 0.6) is 0 Å². The van der Waals surface area contributed by atoms with Crippen LogP contribution in [-0.2, 0) is 0 Å². The highest BCUT2D eigenvalue weighted by Crippen LogP contribution is 2.21. The fourth-order valence-corrected chi connectivity index (χ4v) is 2.10. The quantitative estimate of drug-likeness (QED) is 0.639. The molecule has 1 aromatic heterocycles. The number of nitrogens with zero attached hydrogens (tertiary/aromatic N) is 2. The molecule has 1 aromatic carbocycles. The molecular formula is C13H18N4O2. The first-order valence-corrected chi connectivity index (χ1v) is 6.42. The van der Waals surface area contributed by atoms with Crippen molar-refractivity contribution in [3.8, 4) is 0 Å². The van der Waals surface area contributed by atoms with Gasteiger partial charge in [0.05, 0.1) is 16.0 Å². The largest absolute Gasteiger partial charge is 0.353 e. The summed E-state index contributed by atoms with van der Waals surface area (Å²) >= 11 is 0. The van der Waals surface area contributed by atoms with E-state index >= 15 is 0 Å². The van der Waals surface area contributed by atoms with E-state index in [-0.39, 0.29) is 5.69 Å². The van der Waals surface area contributed by atoms with Crippen molar-refractivity contribution in [3.63, 3.8) is 0 Å². The number of H-pyrrole nitrogens is 1. The van der Waals surface area contributed by atoms with Crippen molar-refractivity contribution in [2.45, 2.75) is 33.2 Å². The van der Waals surface area contributed by atoms with Gasteiger partial charge in [0.25, 0.3) is 5.69 Å². The number of benzene rings is 1. The zero-order valence-corrected chi connectivity index (χ0v) is 11.3. The number of nitrogens with one attached hydrogen (secondary N) is 2. The van der Waals surface area contributed by atoms with E-state index in [0.717, 1.165) is 11.9 Å². The van der Waals surface area contributed by atoms with Gasteiger partial charge in [0, 0.05) is 18.2 Å². The lowest BCUT2D eigenvalue weighted by Gasteiger charge is -2.19. The van der Waals surface area contributed by atoms with Gasteiger partial charge in [0.15, 0.2) is 0 Å². The van der Waals surface area contributed by atoms with Gasteiger partial charge in [-0.3, -0.25) is 10.1 Å². The van der Waals surface area contributed by atoms with Crippen LogP contribution >= 0.6 is 0 Å². The highest BCUT2D eigenvalue weighted by molar-refractivity contribution is 5.79. The average Bonchev–Trinajstić information content (AvgIpc) is 2.76. The lowest BCUT2D eigenvalue weighted by molar-refractivity contribution is -0.384. The highest BCUT2D eigenvalue weighted by Gasteiger charge is 2.14. The minimum atomic E-state index is -0.406. The van der Waals surface area contributed by atoms with Crippen molar-refractivity contribution in [1.82, 2.24) is 9.97 Å². The lowest BCUT2D eigenvalue weighted by atomic mass is 10.0. The molecule has 0 bridgehead atoms. The van der Waals surface area contributed by atoms with Gasteiger partial charge in [0.2, 0.25) is 5.95 Å². The molecule has 0 fully saturated rings. The van der Waals surface area contributed by atoms with E-state index in [4.69, 9.17) is 0 Å². The van der Waals surface area contributed by atoms with Crippen molar-refractivity contribution >= 4 is 22.7 Å². The standard InChI is InChI=1S/C13H18N4O2/c1-4-10(8(2)3)14-13-15-11-6-5-9(17(18)19)7-12(11)16-13/h5-8,10H,4H2,1-3H3,(H2,14,15,16). The first-order chi connectivity index (χ1) is 9.01. The Morgan fingerprint density at radius 2 is 2.21 bits per heavy atom. The molecule has 2 aromatic rings. The molecule has 1 unspecified atom stereocenters. The van der Waals surface area contributed by atoms with Crippen molar-refractivity contribution in [2.75, 3.05) is 5.32 Å². The van der Waals surface area contributed by atoms with Crippen molar-refractivity contribution in [1.29, 1.82) is 0 Å². The fraction of sp³-hybridized carbons (Fsp3) is 0.462. The Morgan fingerprint density at radius 1 is 1.47 bits per heavy atom. The maximum absolute atomic E-state index is 10.7. The number of aromatic nitrogens is 2. The van der Waals surface area contributed by atoms with Gasteiger partial charge in [-0.25, -0.2) is 4.98 Å². The summed E-state index contributed by atoms with van der Waals surface area (Å²) in [6.07, 6.45) is 0.995. The molecule has 1 atom stereocenters. The molecule has 19 heavy (non-hydrogen) atoms. The van der Waals surface area contributed by atoms with Crippen LogP contribution in [0.25, 0.3) is 11.0 Å². The number of hydrogen-bond acceptors (Lipinski definition) is 4. The van der Waals surface area contributed by atoms with Crippen molar-refractivity contribution in [2.24, 2.45) is 5.92 Å². The van der Waals surface area contributed by atoms with Crippen molar-refractivity contribution < 1.29 is 4.92 Å². The third kappa shape index (κ3) is 2.83. The molecule has 0 saturated carbocycles. The third-order valence-corrected chi connectivity index (χ3v) is 3.24. The molecule has 0 amide bonds. The molecule has 102 valence electrons. The molecule has 6 heteroatoms. The summed E-state index contributed by atoms with van der Waals surface area (Å²) in [5.74, 6) is 1.16. The number of hydrogen-bond donors (Lipinski definition) is 2. The predicted molar refractivity (Wildman–Crippen MR) is 75.3 cm³/mol. The summed E-state index contributed by atoms with van der Waals surface area (Å²) in [5.41, 5.74) is 1.47. The van der Waals surface area contributed by atoms with E-state index in [1.807, 2.05) is 0 Å². The van der Waals surface area contributed by atoms with Crippen LogP contribution in [0, 0.1) is 16.0 Å². The Kier molecular flexibility index (Phi) is 3.69. The molecule has 0 radical (unpaired) electrons. The molecule has 2 N–H and O–H groups in total. The number of aromatic amines is 1. The van der Waals surface area contributed by atoms with Crippen LogP contribution in [0.2, 0.25) is 0 Å². The van der Waals surface area contributed by atoms with E-state index in [0.29, 0.717) is 23.4 Å².